The van der Waals surface area contributed by atoms with Gasteiger partial charge in [0.1, 0.15) is 0 Å². The summed E-state index contributed by atoms with van der Waals surface area (Å²) in [5.41, 5.74) is 14.9. The normalized spacial score (nSPS) is 11.2. The molecule has 0 bridgehead atoms. The fourth-order valence-electron chi connectivity index (χ4n) is 6.16. The van der Waals surface area contributed by atoms with Crippen LogP contribution >= 0.6 is 22.6 Å². The van der Waals surface area contributed by atoms with E-state index < -0.39 is 0 Å². The predicted octanol–water partition coefficient (Wildman–Crippen LogP) is 7.48. The molecule has 36 heavy (non-hydrogen) atoms. The number of fused-ring (bicyclic) bond motifs is 1. The molecule has 0 fully saturated rings. The number of halogens is 1. The molecule has 0 amide bonds. The molecular formula is C34H32BI. The SMILES string of the molecule is Cc1cc(C)c(B(c2ccc(-c3cccc4cccc(I)c34)cc2)c2c(C)cc(C)cc2C)c(C)c1. The van der Waals surface area contributed by atoms with Gasteiger partial charge in [0.2, 0.25) is 6.71 Å². The maximum absolute atomic E-state index is 2.46. The third kappa shape index (κ3) is 4.52. The Morgan fingerprint density at radius 3 is 1.53 bits per heavy atom. The van der Waals surface area contributed by atoms with Gasteiger partial charge in [-0.05, 0) is 86.7 Å². The van der Waals surface area contributed by atoms with Crippen LogP contribution in [0.25, 0.3) is 21.9 Å². The molecule has 0 unspecified atom stereocenters. The van der Waals surface area contributed by atoms with Crippen LogP contribution in [0.3, 0.4) is 0 Å². The zero-order chi connectivity index (χ0) is 25.6. The molecule has 0 heterocycles. The molecule has 5 aromatic carbocycles. The van der Waals surface area contributed by atoms with Gasteiger partial charge in [0.05, 0.1) is 0 Å². The molecule has 178 valence electrons. The molecule has 0 atom stereocenters. The van der Waals surface area contributed by atoms with Crippen molar-refractivity contribution in [2.45, 2.75) is 41.5 Å². The second-order valence-electron chi connectivity index (χ2n) is 10.3. The van der Waals surface area contributed by atoms with Gasteiger partial charge in [0, 0.05) is 8.96 Å². The smallest absolute Gasteiger partial charge is 0.0686 e. The molecule has 0 N–H and O–H groups in total. The molecule has 0 aliphatic rings. The number of hydrogen-bond acceptors (Lipinski definition) is 0. The molecule has 5 rings (SSSR count). The van der Waals surface area contributed by atoms with Crippen LogP contribution in [-0.4, -0.2) is 6.71 Å². The van der Waals surface area contributed by atoms with Crippen molar-refractivity contribution in [1.29, 1.82) is 0 Å². The molecule has 0 aromatic heterocycles. The maximum atomic E-state index is 2.46. The monoisotopic (exact) mass is 578 g/mol. The Kier molecular flexibility index (Phi) is 6.83. The van der Waals surface area contributed by atoms with Crippen molar-refractivity contribution in [1.82, 2.24) is 0 Å². The number of benzene rings is 5. The van der Waals surface area contributed by atoms with Crippen LogP contribution in [0.4, 0.5) is 0 Å². The highest BCUT2D eigenvalue weighted by Crippen LogP contribution is 2.31. The van der Waals surface area contributed by atoms with E-state index in [1.165, 1.54) is 75.2 Å². The molecular weight excluding hydrogens is 546 g/mol. The van der Waals surface area contributed by atoms with Crippen molar-refractivity contribution < 1.29 is 0 Å². The zero-order valence-electron chi connectivity index (χ0n) is 22.0. The van der Waals surface area contributed by atoms with Crippen molar-refractivity contribution in [3.8, 4) is 11.1 Å². The lowest BCUT2D eigenvalue weighted by atomic mass is 9.34. The Labute approximate surface area is 230 Å². The fraction of sp³-hybridized carbons (Fsp3) is 0.176. The van der Waals surface area contributed by atoms with Gasteiger partial charge in [-0.1, -0.05) is 129 Å². The minimum absolute atomic E-state index is 0.202. The molecule has 5 aromatic rings. The summed E-state index contributed by atoms with van der Waals surface area (Å²) in [5.74, 6) is 0. The van der Waals surface area contributed by atoms with Crippen LogP contribution in [0.15, 0.2) is 84.9 Å². The zero-order valence-corrected chi connectivity index (χ0v) is 24.2. The van der Waals surface area contributed by atoms with Crippen LogP contribution in [0.2, 0.25) is 0 Å². The lowest BCUT2D eigenvalue weighted by Crippen LogP contribution is -2.55. The molecule has 2 heteroatoms. The van der Waals surface area contributed by atoms with Gasteiger partial charge >= 0.3 is 0 Å². The third-order valence-corrected chi connectivity index (χ3v) is 8.36. The molecule has 0 aliphatic carbocycles. The summed E-state index contributed by atoms with van der Waals surface area (Å²) in [5, 5.41) is 2.62. The highest BCUT2D eigenvalue weighted by Gasteiger charge is 2.28. The highest BCUT2D eigenvalue weighted by molar-refractivity contribution is 14.1. The molecule has 0 saturated carbocycles. The van der Waals surface area contributed by atoms with Crippen molar-refractivity contribution in [2.75, 3.05) is 0 Å². The van der Waals surface area contributed by atoms with E-state index in [-0.39, 0.29) is 6.71 Å². The fourth-order valence-corrected chi connectivity index (χ4v) is 6.97. The van der Waals surface area contributed by atoms with Gasteiger partial charge in [0.15, 0.2) is 0 Å². The summed E-state index contributed by atoms with van der Waals surface area (Å²) in [7, 11) is 0. The van der Waals surface area contributed by atoms with Crippen molar-refractivity contribution in [3.05, 3.63) is 122 Å². The van der Waals surface area contributed by atoms with E-state index in [4.69, 9.17) is 0 Å². The average Bonchev–Trinajstić information content (AvgIpc) is 2.82. The first-order chi connectivity index (χ1) is 17.2. The number of hydrogen-bond donors (Lipinski definition) is 0. The van der Waals surface area contributed by atoms with E-state index in [0.29, 0.717) is 0 Å². The minimum atomic E-state index is 0.202. The lowest BCUT2D eigenvalue weighted by molar-refractivity contribution is 1.34. The minimum Gasteiger partial charge on any atom is -0.0686 e. The Morgan fingerprint density at radius 2 is 1.03 bits per heavy atom. The van der Waals surface area contributed by atoms with Crippen LogP contribution in [0.5, 0.6) is 0 Å². The summed E-state index contributed by atoms with van der Waals surface area (Å²) < 4.78 is 1.29. The van der Waals surface area contributed by atoms with Crippen molar-refractivity contribution >= 4 is 56.5 Å². The van der Waals surface area contributed by atoms with Gasteiger partial charge in [-0.2, -0.15) is 0 Å². The van der Waals surface area contributed by atoms with E-state index >= 15 is 0 Å². The quantitative estimate of drug-likeness (QED) is 0.153. The van der Waals surface area contributed by atoms with Crippen LogP contribution in [0.1, 0.15) is 33.4 Å². The largest absolute Gasteiger partial charge is 0.242 e. The first kappa shape index (κ1) is 24.8. The lowest BCUT2D eigenvalue weighted by Gasteiger charge is -2.25. The molecule has 0 radical (unpaired) electrons. The standard InChI is InChI=1S/C34H32BI/c1-21-17-23(3)33(24(4)18-21)35(34-25(5)19-22(2)20-26(34)6)29-15-13-27(14-16-29)30-11-7-9-28-10-8-12-31(36)32(28)30/h7-20H,1-6H3. The van der Waals surface area contributed by atoms with Crippen molar-refractivity contribution in [3.63, 3.8) is 0 Å². The summed E-state index contributed by atoms with van der Waals surface area (Å²) in [6.45, 7) is 13.7. The van der Waals surface area contributed by atoms with Crippen molar-refractivity contribution in [2.24, 2.45) is 0 Å². The van der Waals surface area contributed by atoms with Gasteiger partial charge in [-0.15, -0.1) is 0 Å². The molecule has 0 nitrogen and oxygen atoms in total. The van der Waals surface area contributed by atoms with E-state index in [1.54, 1.807) is 0 Å². The van der Waals surface area contributed by atoms with Crippen LogP contribution in [-0.2, 0) is 0 Å². The summed E-state index contributed by atoms with van der Waals surface area (Å²) in [6, 6.07) is 31.8. The second-order valence-corrected chi connectivity index (χ2v) is 11.5. The summed E-state index contributed by atoms with van der Waals surface area (Å²) >= 11 is 2.46. The predicted molar refractivity (Wildman–Crippen MR) is 168 cm³/mol. The van der Waals surface area contributed by atoms with Gasteiger partial charge in [0.25, 0.3) is 0 Å². The topological polar surface area (TPSA) is 0 Å². The van der Waals surface area contributed by atoms with E-state index in [9.17, 15) is 0 Å². The Bertz CT molecular complexity index is 1490. The average molecular weight is 578 g/mol. The summed E-state index contributed by atoms with van der Waals surface area (Å²) in [6.07, 6.45) is 0. The summed E-state index contributed by atoms with van der Waals surface area (Å²) in [4.78, 5) is 0. The molecule has 0 spiro atoms. The van der Waals surface area contributed by atoms with E-state index in [1.807, 2.05) is 0 Å². The number of rotatable bonds is 4. The Balaban J connectivity index is 1.71. The highest BCUT2D eigenvalue weighted by atomic mass is 127. The molecule has 0 saturated heterocycles. The first-order valence-electron chi connectivity index (χ1n) is 12.7. The van der Waals surface area contributed by atoms with Gasteiger partial charge < -0.3 is 0 Å². The third-order valence-electron chi connectivity index (χ3n) is 7.46. The second kappa shape index (κ2) is 9.90. The Morgan fingerprint density at radius 1 is 0.556 bits per heavy atom. The number of aryl methyl sites for hydroxylation is 6. The van der Waals surface area contributed by atoms with Gasteiger partial charge in [-0.3, -0.25) is 0 Å². The van der Waals surface area contributed by atoms with Crippen LogP contribution < -0.4 is 16.4 Å². The van der Waals surface area contributed by atoms with Gasteiger partial charge in [-0.25, -0.2) is 0 Å². The maximum Gasteiger partial charge on any atom is 0.242 e. The first-order valence-corrected chi connectivity index (χ1v) is 13.8. The van der Waals surface area contributed by atoms with E-state index in [0.717, 1.165) is 0 Å². The molecule has 0 aliphatic heterocycles. The Hall–Kier alpha value is -2.85. The van der Waals surface area contributed by atoms with Crippen LogP contribution in [0, 0.1) is 45.1 Å². The van der Waals surface area contributed by atoms with E-state index in [2.05, 4.69) is 149 Å².